The lowest BCUT2D eigenvalue weighted by Gasteiger charge is -2.13. The van der Waals surface area contributed by atoms with Gasteiger partial charge in [-0.25, -0.2) is 0 Å². The lowest BCUT2D eigenvalue weighted by atomic mass is 10.0. The summed E-state index contributed by atoms with van der Waals surface area (Å²) in [5.74, 6) is 0.526. The molecule has 0 saturated carbocycles. The van der Waals surface area contributed by atoms with Gasteiger partial charge in [-0.15, -0.1) is 0 Å². The highest BCUT2D eigenvalue weighted by molar-refractivity contribution is 6.31. The Morgan fingerprint density at radius 2 is 1.89 bits per heavy atom. The molecule has 100 valence electrons. The lowest BCUT2D eigenvalue weighted by Crippen LogP contribution is -2.29. The Morgan fingerprint density at radius 3 is 2.44 bits per heavy atom. The van der Waals surface area contributed by atoms with Crippen molar-refractivity contribution in [3.63, 3.8) is 0 Å². The summed E-state index contributed by atoms with van der Waals surface area (Å²) in [5, 5.41) is 3.61. The summed E-state index contributed by atoms with van der Waals surface area (Å²) in [7, 11) is 0. The number of carbonyl (C=O) groups excluding carboxylic acids is 1. The summed E-state index contributed by atoms with van der Waals surface area (Å²) in [6, 6.07) is 5.54. The second kappa shape index (κ2) is 7.42. The van der Waals surface area contributed by atoms with Gasteiger partial charge < -0.3 is 5.32 Å². The van der Waals surface area contributed by atoms with E-state index in [1.54, 1.807) is 6.07 Å². The first-order valence-corrected chi connectivity index (χ1v) is 7.06. The molecule has 1 aromatic carbocycles. The Labute approximate surface area is 115 Å². The summed E-state index contributed by atoms with van der Waals surface area (Å²) in [5.41, 5.74) is 1.75. The Balaban J connectivity index is 2.69. The van der Waals surface area contributed by atoms with E-state index in [1.807, 2.05) is 12.1 Å². The van der Waals surface area contributed by atoms with Crippen LogP contribution in [0.25, 0.3) is 0 Å². The fraction of sp³-hybridized carbons (Fsp3) is 0.533. The molecule has 0 aliphatic carbocycles. The third-order valence-corrected chi connectivity index (χ3v) is 3.55. The maximum absolute atomic E-state index is 12.0. The Hall–Kier alpha value is -1.02. The molecule has 0 radical (unpaired) electrons. The molecular formula is C15H22ClNO. The van der Waals surface area contributed by atoms with Crippen molar-refractivity contribution in [3.05, 3.63) is 34.3 Å². The monoisotopic (exact) mass is 267 g/mol. The van der Waals surface area contributed by atoms with Crippen molar-refractivity contribution in [1.82, 2.24) is 5.32 Å². The van der Waals surface area contributed by atoms with Gasteiger partial charge in [0, 0.05) is 17.1 Å². The van der Waals surface area contributed by atoms with Crippen LogP contribution in [0.1, 0.15) is 49.5 Å². The largest absolute Gasteiger partial charge is 0.352 e. The number of benzene rings is 1. The van der Waals surface area contributed by atoms with Crippen molar-refractivity contribution < 1.29 is 4.79 Å². The molecule has 1 aromatic rings. The summed E-state index contributed by atoms with van der Waals surface area (Å²) < 4.78 is 0. The van der Waals surface area contributed by atoms with E-state index in [0.29, 0.717) is 16.5 Å². The van der Waals surface area contributed by atoms with Crippen LogP contribution in [-0.4, -0.2) is 12.5 Å². The second-order valence-electron chi connectivity index (χ2n) is 4.59. The predicted octanol–water partition coefficient (Wildman–Crippen LogP) is 4.07. The average molecular weight is 268 g/mol. The molecule has 0 saturated heterocycles. The van der Waals surface area contributed by atoms with Crippen molar-refractivity contribution in [1.29, 1.82) is 0 Å². The molecule has 18 heavy (non-hydrogen) atoms. The average Bonchev–Trinajstić information content (AvgIpc) is 2.38. The van der Waals surface area contributed by atoms with Crippen LogP contribution in [0.4, 0.5) is 0 Å². The van der Waals surface area contributed by atoms with E-state index in [2.05, 4.69) is 26.1 Å². The van der Waals surface area contributed by atoms with Gasteiger partial charge in [-0.3, -0.25) is 4.79 Å². The standard InChI is InChI=1S/C15H22ClNO/c1-4-11(5-2)10-17-15(18)13-7-12(6-3)8-14(16)9-13/h7-9,11H,4-6,10H2,1-3H3,(H,17,18). The third kappa shape index (κ3) is 4.34. The van der Waals surface area contributed by atoms with Crippen molar-refractivity contribution in [2.24, 2.45) is 5.92 Å². The quantitative estimate of drug-likeness (QED) is 0.827. The second-order valence-corrected chi connectivity index (χ2v) is 5.03. The molecular weight excluding hydrogens is 246 g/mol. The molecule has 1 rings (SSSR count). The van der Waals surface area contributed by atoms with Crippen LogP contribution >= 0.6 is 11.6 Å². The van der Waals surface area contributed by atoms with E-state index < -0.39 is 0 Å². The molecule has 0 aliphatic rings. The van der Waals surface area contributed by atoms with E-state index in [-0.39, 0.29) is 5.91 Å². The van der Waals surface area contributed by atoms with Crippen LogP contribution in [-0.2, 0) is 6.42 Å². The fourth-order valence-electron chi connectivity index (χ4n) is 1.90. The van der Waals surface area contributed by atoms with Crippen molar-refractivity contribution in [2.75, 3.05) is 6.54 Å². The molecule has 0 aromatic heterocycles. The van der Waals surface area contributed by atoms with Crippen LogP contribution in [0.2, 0.25) is 5.02 Å². The summed E-state index contributed by atoms with van der Waals surface area (Å²) >= 11 is 6.01. The van der Waals surface area contributed by atoms with Crippen molar-refractivity contribution in [3.8, 4) is 0 Å². The zero-order valence-corrected chi connectivity index (χ0v) is 12.2. The first-order valence-electron chi connectivity index (χ1n) is 6.68. The summed E-state index contributed by atoms with van der Waals surface area (Å²) in [6.07, 6.45) is 3.06. The summed E-state index contributed by atoms with van der Waals surface area (Å²) in [4.78, 5) is 12.0. The van der Waals surface area contributed by atoms with Crippen LogP contribution in [0.3, 0.4) is 0 Å². The smallest absolute Gasteiger partial charge is 0.251 e. The molecule has 0 bridgehead atoms. The molecule has 3 heteroatoms. The molecule has 1 amide bonds. The van der Waals surface area contributed by atoms with E-state index in [4.69, 9.17) is 11.6 Å². The number of nitrogens with one attached hydrogen (secondary N) is 1. The number of amides is 1. The molecule has 0 spiro atoms. The third-order valence-electron chi connectivity index (χ3n) is 3.33. The van der Waals surface area contributed by atoms with Gasteiger partial charge in [0.15, 0.2) is 0 Å². The Bertz CT molecular complexity index is 399. The van der Waals surface area contributed by atoms with Gasteiger partial charge in [-0.1, -0.05) is 45.2 Å². The minimum Gasteiger partial charge on any atom is -0.352 e. The van der Waals surface area contributed by atoms with Crippen LogP contribution in [0, 0.1) is 5.92 Å². The van der Waals surface area contributed by atoms with E-state index in [0.717, 1.165) is 31.4 Å². The van der Waals surface area contributed by atoms with Crippen LogP contribution in [0.15, 0.2) is 18.2 Å². The number of hydrogen-bond donors (Lipinski definition) is 1. The van der Waals surface area contributed by atoms with Gasteiger partial charge in [0.2, 0.25) is 0 Å². The Morgan fingerprint density at radius 1 is 1.22 bits per heavy atom. The topological polar surface area (TPSA) is 29.1 Å². The molecule has 0 fully saturated rings. The van der Waals surface area contributed by atoms with Gasteiger partial charge in [-0.05, 0) is 36.1 Å². The zero-order chi connectivity index (χ0) is 13.5. The number of halogens is 1. The molecule has 0 atom stereocenters. The van der Waals surface area contributed by atoms with Gasteiger partial charge >= 0.3 is 0 Å². The predicted molar refractivity (Wildman–Crippen MR) is 77.2 cm³/mol. The van der Waals surface area contributed by atoms with Gasteiger partial charge in [-0.2, -0.15) is 0 Å². The number of hydrogen-bond acceptors (Lipinski definition) is 1. The Kier molecular flexibility index (Phi) is 6.20. The number of carbonyl (C=O) groups is 1. The number of rotatable bonds is 6. The van der Waals surface area contributed by atoms with E-state index in [1.165, 1.54) is 0 Å². The first kappa shape index (κ1) is 15.0. The van der Waals surface area contributed by atoms with Crippen molar-refractivity contribution >= 4 is 17.5 Å². The van der Waals surface area contributed by atoms with E-state index in [9.17, 15) is 4.79 Å². The highest BCUT2D eigenvalue weighted by atomic mass is 35.5. The zero-order valence-electron chi connectivity index (χ0n) is 11.4. The minimum atomic E-state index is -0.0286. The number of aryl methyl sites for hydroxylation is 1. The summed E-state index contributed by atoms with van der Waals surface area (Å²) in [6.45, 7) is 7.08. The van der Waals surface area contributed by atoms with Gasteiger partial charge in [0.25, 0.3) is 5.91 Å². The van der Waals surface area contributed by atoms with Crippen LogP contribution in [0.5, 0.6) is 0 Å². The molecule has 1 N–H and O–H groups in total. The molecule has 2 nitrogen and oxygen atoms in total. The van der Waals surface area contributed by atoms with Crippen LogP contribution < -0.4 is 5.32 Å². The van der Waals surface area contributed by atoms with E-state index >= 15 is 0 Å². The molecule has 0 aliphatic heterocycles. The molecule has 0 unspecified atom stereocenters. The molecule has 0 heterocycles. The minimum absolute atomic E-state index is 0.0286. The SMILES string of the molecule is CCc1cc(Cl)cc(C(=O)NCC(CC)CC)c1. The van der Waals surface area contributed by atoms with Gasteiger partial charge in [0.05, 0.1) is 0 Å². The normalized spacial score (nSPS) is 10.7. The fourth-order valence-corrected chi connectivity index (χ4v) is 2.16. The highest BCUT2D eigenvalue weighted by Gasteiger charge is 2.10. The van der Waals surface area contributed by atoms with Gasteiger partial charge in [0.1, 0.15) is 0 Å². The maximum atomic E-state index is 12.0. The first-order chi connectivity index (χ1) is 8.60. The van der Waals surface area contributed by atoms with Crippen molar-refractivity contribution in [2.45, 2.75) is 40.0 Å². The lowest BCUT2D eigenvalue weighted by molar-refractivity contribution is 0.0946. The maximum Gasteiger partial charge on any atom is 0.251 e. The highest BCUT2D eigenvalue weighted by Crippen LogP contribution is 2.16.